The van der Waals surface area contributed by atoms with E-state index in [-0.39, 0.29) is 17.6 Å². The molecule has 0 saturated carbocycles. The summed E-state index contributed by atoms with van der Waals surface area (Å²) in [5, 5.41) is 2.79. The molecule has 7 heteroatoms. The summed E-state index contributed by atoms with van der Waals surface area (Å²) >= 11 is 0. The van der Waals surface area contributed by atoms with Crippen LogP contribution < -0.4 is 16.6 Å². The first kappa shape index (κ1) is 13.3. The van der Waals surface area contributed by atoms with E-state index in [2.05, 4.69) is 20.7 Å². The molecule has 0 aliphatic heterocycles. The molecule has 0 aromatic carbocycles. The third kappa shape index (κ3) is 4.33. The number of nitrogens with zero attached hydrogens (tertiary/aromatic N) is 2. The Labute approximate surface area is 99.7 Å². The number of nitrogen functional groups attached to an aromatic ring is 1. The van der Waals surface area contributed by atoms with Gasteiger partial charge in [-0.3, -0.25) is 9.78 Å². The monoisotopic (exact) mass is 239 g/mol. The van der Waals surface area contributed by atoms with Crippen molar-refractivity contribution in [2.24, 2.45) is 5.84 Å². The summed E-state index contributed by atoms with van der Waals surface area (Å²) in [6.07, 6.45) is 3.56. The van der Waals surface area contributed by atoms with Crippen molar-refractivity contribution < 1.29 is 9.53 Å². The van der Waals surface area contributed by atoms with Gasteiger partial charge in [-0.05, 0) is 13.3 Å². The second-order valence-electron chi connectivity index (χ2n) is 3.59. The van der Waals surface area contributed by atoms with E-state index in [0.717, 1.165) is 6.42 Å². The summed E-state index contributed by atoms with van der Waals surface area (Å²) in [6, 6.07) is 0.0127. The number of carbonyl (C=O) groups is 1. The maximum atomic E-state index is 11.8. The zero-order valence-electron chi connectivity index (χ0n) is 9.93. The summed E-state index contributed by atoms with van der Waals surface area (Å²) < 4.78 is 4.93. The first-order valence-electron chi connectivity index (χ1n) is 5.25. The molecule has 0 bridgehead atoms. The number of amides is 1. The Kier molecular flexibility index (Phi) is 5.31. The first-order valence-corrected chi connectivity index (χ1v) is 5.25. The first-order chi connectivity index (χ1) is 8.17. The third-order valence-electron chi connectivity index (χ3n) is 2.15. The minimum Gasteiger partial charge on any atom is -0.385 e. The standard InChI is InChI=1S/C10H17N5O2/c1-7(3-4-17-2)13-10(16)8-5-12-6-9(14-8)15-11/h5-7H,3-4,11H2,1-2H3,(H,13,16)(H,14,15). The van der Waals surface area contributed by atoms with Gasteiger partial charge in [-0.2, -0.15) is 0 Å². The molecule has 1 aromatic heterocycles. The second-order valence-corrected chi connectivity index (χ2v) is 3.59. The SMILES string of the molecule is COCCC(C)NC(=O)c1cncc(NN)n1. The van der Waals surface area contributed by atoms with E-state index in [1.807, 2.05) is 6.92 Å². The van der Waals surface area contributed by atoms with E-state index < -0.39 is 0 Å². The number of nitrogens with one attached hydrogen (secondary N) is 2. The molecule has 0 spiro atoms. The van der Waals surface area contributed by atoms with Gasteiger partial charge in [0.25, 0.3) is 5.91 Å². The lowest BCUT2D eigenvalue weighted by Crippen LogP contribution is -2.34. The number of nitrogens with two attached hydrogens (primary N) is 1. The average molecular weight is 239 g/mol. The number of hydrogen-bond acceptors (Lipinski definition) is 6. The van der Waals surface area contributed by atoms with Crippen LogP contribution in [0.5, 0.6) is 0 Å². The lowest BCUT2D eigenvalue weighted by atomic mass is 10.2. The predicted octanol–water partition coefficient (Wildman–Crippen LogP) is -0.0830. The predicted molar refractivity (Wildman–Crippen MR) is 63.3 cm³/mol. The van der Waals surface area contributed by atoms with Crippen LogP contribution in [0.3, 0.4) is 0 Å². The average Bonchev–Trinajstić information content (AvgIpc) is 2.36. The van der Waals surface area contributed by atoms with E-state index in [4.69, 9.17) is 10.6 Å². The zero-order chi connectivity index (χ0) is 12.7. The van der Waals surface area contributed by atoms with Crippen molar-refractivity contribution in [2.45, 2.75) is 19.4 Å². The molecule has 0 radical (unpaired) electrons. The van der Waals surface area contributed by atoms with Gasteiger partial charge in [0.05, 0.1) is 12.4 Å². The molecule has 0 saturated heterocycles. The fraction of sp³-hybridized carbons (Fsp3) is 0.500. The molecule has 1 rings (SSSR count). The largest absolute Gasteiger partial charge is 0.385 e. The van der Waals surface area contributed by atoms with Crippen molar-refractivity contribution in [3.05, 3.63) is 18.1 Å². The molecule has 1 atom stereocenters. The summed E-state index contributed by atoms with van der Waals surface area (Å²) in [7, 11) is 1.62. The fourth-order valence-electron chi connectivity index (χ4n) is 1.21. The van der Waals surface area contributed by atoms with Gasteiger partial charge in [0, 0.05) is 19.8 Å². The molecule has 0 fully saturated rings. The number of aromatic nitrogens is 2. The van der Waals surface area contributed by atoms with Gasteiger partial charge in [0.1, 0.15) is 5.69 Å². The highest BCUT2D eigenvalue weighted by molar-refractivity contribution is 5.92. The van der Waals surface area contributed by atoms with Crippen molar-refractivity contribution in [1.29, 1.82) is 0 Å². The van der Waals surface area contributed by atoms with Gasteiger partial charge in [0.2, 0.25) is 0 Å². The van der Waals surface area contributed by atoms with E-state index in [1.54, 1.807) is 7.11 Å². The minimum absolute atomic E-state index is 0.0127. The Hall–Kier alpha value is -1.73. The Morgan fingerprint density at radius 1 is 1.59 bits per heavy atom. The van der Waals surface area contributed by atoms with Crippen molar-refractivity contribution in [3.8, 4) is 0 Å². The van der Waals surface area contributed by atoms with Gasteiger partial charge in [-0.1, -0.05) is 0 Å². The van der Waals surface area contributed by atoms with Crippen LogP contribution in [-0.4, -0.2) is 35.6 Å². The molecule has 1 heterocycles. The van der Waals surface area contributed by atoms with E-state index >= 15 is 0 Å². The fourth-order valence-corrected chi connectivity index (χ4v) is 1.21. The summed E-state index contributed by atoms with van der Waals surface area (Å²) in [4.78, 5) is 19.6. The van der Waals surface area contributed by atoms with Crippen molar-refractivity contribution >= 4 is 11.7 Å². The number of anilines is 1. The molecule has 17 heavy (non-hydrogen) atoms. The van der Waals surface area contributed by atoms with Gasteiger partial charge in [-0.25, -0.2) is 10.8 Å². The Morgan fingerprint density at radius 2 is 2.35 bits per heavy atom. The topological polar surface area (TPSA) is 102 Å². The van der Waals surface area contributed by atoms with Gasteiger partial charge in [0.15, 0.2) is 5.82 Å². The van der Waals surface area contributed by atoms with Crippen LogP contribution in [0, 0.1) is 0 Å². The molecule has 7 nitrogen and oxygen atoms in total. The van der Waals surface area contributed by atoms with Crippen LogP contribution in [0.25, 0.3) is 0 Å². The molecule has 1 aromatic rings. The highest BCUT2D eigenvalue weighted by Gasteiger charge is 2.11. The van der Waals surface area contributed by atoms with E-state index in [9.17, 15) is 4.79 Å². The Bertz CT molecular complexity index is 371. The number of hydrogen-bond donors (Lipinski definition) is 3. The number of rotatable bonds is 6. The highest BCUT2D eigenvalue weighted by Crippen LogP contribution is 2.01. The Morgan fingerprint density at radius 3 is 3.00 bits per heavy atom. The van der Waals surface area contributed by atoms with Gasteiger partial charge in [-0.15, -0.1) is 0 Å². The lowest BCUT2D eigenvalue weighted by molar-refractivity contribution is 0.0924. The lowest BCUT2D eigenvalue weighted by Gasteiger charge is -2.12. The normalized spacial score (nSPS) is 11.9. The number of carbonyl (C=O) groups excluding carboxylic acids is 1. The van der Waals surface area contributed by atoms with Crippen LogP contribution in [0.4, 0.5) is 5.82 Å². The minimum atomic E-state index is -0.279. The van der Waals surface area contributed by atoms with Gasteiger partial charge >= 0.3 is 0 Å². The maximum Gasteiger partial charge on any atom is 0.271 e. The zero-order valence-corrected chi connectivity index (χ0v) is 9.93. The quantitative estimate of drug-likeness (QED) is 0.474. The van der Waals surface area contributed by atoms with Crippen molar-refractivity contribution in [3.63, 3.8) is 0 Å². The van der Waals surface area contributed by atoms with Gasteiger partial charge < -0.3 is 15.5 Å². The van der Waals surface area contributed by atoms with Crippen LogP contribution >= 0.6 is 0 Å². The number of methoxy groups -OCH3 is 1. The molecule has 4 N–H and O–H groups in total. The second kappa shape index (κ2) is 6.77. The summed E-state index contributed by atoms with van der Waals surface area (Å²) in [5.74, 6) is 5.25. The summed E-state index contributed by atoms with van der Waals surface area (Å²) in [6.45, 7) is 2.49. The molecule has 0 aliphatic rings. The van der Waals surface area contributed by atoms with Crippen molar-refractivity contribution in [1.82, 2.24) is 15.3 Å². The highest BCUT2D eigenvalue weighted by atomic mass is 16.5. The maximum absolute atomic E-state index is 11.8. The van der Waals surface area contributed by atoms with Crippen LogP contribution in [0.15, 0.2) is 12.4 Å². The van der Waals surface area contributed by atoms with Crippen LogP contribution in [0.1, 0.15) is 23.8 Å². The van der Waals surface area contributed by atoms with Crippen LogP contribution in [0.2, 0.25) is 0 Å². The van der Waals surface area contributed by atoms with E-state index in [0.29, 0.717) is 12.4 Å². The Balaban J connectivity index is 2.56. The molecule has 94 valence electrons. The third-order valence-corrected chi connectivity index (χ3v) is 2.15. The number of hydrazine groups is 1. The van der Waals surface area contributed by atoms with E-state index in [1.165, 1.54) is 12.4 Å². The van der Waals surface area contributed by atoms with Crippen molar-refractivity contribution in [2.75, 3.05) is 19.1 Å². The van der Waals surface area contributed by atoms with Crippen LogP contribution in [-0.2, 0) is 4.74 Å². The number of ether oxygens (including phenoxy) is 1. The molecular weight excluding hydrogens is 222 g/mol. The smallest absolute Gasteiger partial charge is 0.271 e. The molecular formula is C10H17N5O2. The molecule has 1 unspecified atom stereocenters. The molecule has 1 amide bonds. The summed E-state index contributed by atoms with van der Waals surface area (Å²) in [5.41, 5.74) is 2.56. The molecule has 0 aliphatic carbocycles.